The lowest BCUT2D eigenvalue weighted by atomic mass is 10.0. The Kier molecular flexibility index (Phi) is 4.53. The molecule has 2 aliphatic heterocycles. The van der Waals surface area contributed by atoms with Gasteiger partial charge in [0.15, 0.2) is 11.4 Å². The molecule has 1 aromatic carbocycles. The highest BCUT2D eigenvalue weighted by atomic mass is 32.1. The van der Waals surface area contributed by atoms with Crippen LogP contribution in [0.2, 0.25) is 0 Å². The average molecular weight is 391 g/mol. The fourth-order valence-corrected chi connectivity index (χ4v) is 3.38. The summed E-state index contributed by atoms with van der Waals surface area (Å²) in [6.45, 7) is 2.46. The molecule has 4 rings (SSSR count). The average Bonchev–Trinajstić information content (AvgIpc) is 3.20. The van der Waals surface area contributed by atoms with E-state index >= 15 is 0 Å². The maximum absolute atomic E-state index is 5.87. The van der Waals surface area contributed by atoms with Gasteiger partial charge < -0.3 is 15.2 Å². The molecule has 11 heteroatoms. The van der Waals surface area contributed by atoms with Crippen LogP contribution in [0.4, 0.5) is 0 Å². The van der Waals surface area contributed by atoms with Crippen LogP contribution in [-0.2, 0) is 9.47 Å². The van der Waals surface area contributed by atoms with E-state index in [9.17, 15) is 0 Å². The summed E-state index contributed by atoms with van der Waals surface area (Å²) in [4.78, 5) is 0. The Balaban J connectivity index is 1.65. The van der Waals surface area contributed by atoms with Gasteiger partial charge in [-0.2, -0.15) is 9.78 Å². The number of hydrogen-bond acceptors (Lipinski definition) is 7. The van der Waals surface area contributed by atoms with Crippen molar-refractivity contribution in [2.24, 2.45) is 10.8 Å². The van der Waals surface area contributed by atoms with Crippen LogP contribution < -0.4 is 11.2 Å². The van der Waals surface area contributed by atoms with Crippen LogP contribution in [0.3, 0.4) is 0 Å². The van der Waals surface area contributed by atoms with Crippen molar-refractivity contribution in [3.8, 4) is 5.69 Å². The smallest absolute Gasteiger partial charge is 0.221 e. The van der Waals surface area contributed by atoms with Crippen LogP contribution in [0.15, 0.2) is 29.4 Å². The first-order valence-corrected chi connectivity index (χ1v) is 8.85. The lowest BCUT2D eigenvalue weighted by Gasteiger charge is -2.27. The lowest BCUT2D eigenvalue weighted by Crippen LogP contribution is -2.39. The normalized spacial score (nSPS) is 26.2. The van der Waals surface area contributed by atoms with Gasteiger partial charge in [-0.1, -0.05) is 17.7 Å². The number of benzene rings is 1. The highest BCUT2D eigenvalue weighted by Gasteiger charge is 2.44. The molecule has 3 atom stereocenters. The first-order valence-electron chi connectivity index (χ1n) is 8.03. The topological polar surface area (TPSA) is 105 Å². The van der Waals surface area contributed by atoms with Crippen molar-refractivity contribution in [1.29, 1.82) is 0 Å². The number of ether oxygens (including phenoxy) is 2. The van der Waals surface area contributed by atoms with Gasteiger partial charge in [0.2, 0.25) is 4.77 Å². The predicted molar refractivity (Wildman–Crippen MR) is 101 cm³/mol. The fraction of sp³-hybridized carbons (Fsp3) is 0.400. The second kappa shape index (κ2) is 6.83. The predicted octanol–water partition coefficient (Wildman–Crippen LogP) is 0.982. The monoisotopic (exact) mass is 391 g/mol. The molecule has 2 fully saturated rings. The third-order valence-corrected chi connectivity index (χ3v) is 4.79. The van der Waals surface area contributed by atoms with E-state index in [-0.39, 0.29) is 17.3 Å². The summed E-state index contributed by atoms with van der Waals surface area (Å²) in [6.07, 6.45) is -0.121. The SMILES string of the molecule is Cc1ccc(-n2nnn(C3CC(=NNC(N)=S)C4OCC3O4)c2=S)cc1. The molecule has 2 aromatic rings. The van der Waals surface area contributed by atoms with Gasteiger partial charge in [-0.15, -0.1) is 0 Å². The summed E-state index contributed by atoms with van der Waals surface area (Å²) in [7, 11) is 0. The molecule has 0 saturated carbocycles. The van der Waals surface area contributed by atoms with Gasteiger partial charge in [-0.25, -0.2) is 4.68 Å². The largest absolute Gasteiger partial charge is 0.375 e. The number of hydrogen-bond donors (Lipinski definition) is 2. The highest BCUT2D eigenvalue weighted by Crippen LogP contribution is 2.33. The molecular formula is C15H17N7O2S2. The Morgan fingerprint density at radius 3 is 2.85 bits per heavy atom. The van der Waals surface area contributed by atoms with Crippen molar-refractivity contribution in [1.82, 2.24) is 25.2 Å². The number of tetrazole rings is 1. The van der Waals surface area contributed by atoms with Crippen molar-refractivity contribution in [3.05, 3.63) is 34.6 Å². The molecule has 0 amide bonds. The number of nitrogens with one attached hydrogen (secondary N) is 1. The van der Waals surface area contributed by atoms with Crippen molar-refractivity contribution >= 4 is 35.3 Å². The number of aromatic nitrogens is 4. The quantitative estimate of drug-likeness (QED) is 0.589. The molecule has 26 heavy (non-hydrogen) atoms. The van der Waals surface area contributed by atoms with E-state index in [1.165, 1.54) is 0 Å². The number of fused-ring (bicyclic) bond motifs is 2. The minimum atomic E-state index is -0.501. The zero-order valence-corrected chi connectivity index (χ0v) is 15.5. The first kappa shape index (κ1) is 17.2. The number of aryl methyl sites for hydroxylation is 1. The van der Waals surface area contributed by atoms with Crippen LogP contribution in [0.25, 0.3) is 5.69 Å². The third kappa shape index (κ3) is 3.14. The van der Waals surface area contributed by atoms with E-state index < -0.39 is 6.29 Å². The van der Waals surface area contributed by atoms with Gasteiger partial charge in [0.05, 0.1) is 24.0 Å². The Hall–Kier alpha value is -2.21. The van der Waals surface area contributed by atoms with Crippen LogP contribution in [-0.4, -0.2) is 49.6 Å². The summed E-state index contributed by atoms with van der Waals surface area (Å²) in [5.74, 6) is 0. The summed E-state index contributed by atoms with van der Waals surface area (Å²) < 4.78 is 15.3. The Labute approximate surface area is 159 Å². The van der Waals surface area contributed by atoms with E-state index in [1.54, 1.807) is 9.36 Å². The molecule has 3 N–H and O–H groups in total. The van der Waals surface area contributed by atoms with Gasteiger partial charge in [-0.3, -0.25) is 5.43 Å². The third-order valence-electron chi connectivity index (χ3n) is 4.34. The van der Waals surface area contributed by atoms with E-state index in [0.29, 0.717) is 23.5 Å². The van der Waals surface area contributed by atoms with E-state index in [4.69, 9.17) is 39.6 Å². The number of rotatable bonds is 3. The molecule has 0 radical (unpaired) electrons. The second-order valence-corrected chi connectivity index (χ2v) is 6.95. The zero-order valence-electron chi connectivity index (χ0n) is 13.9. The number of hydrazone groups is 1. The van der Waals surface area contributed by atoms with Gasteiger partial charge in [0, 0.05) is 6.42 Å². The van der Waals surface area contributed by atoms with Crippen LogP contribution in [0.1, 0.15) is 18.0 Å². The Morgan fingerprint density at radius 2 is 2.12 bits per heavy atom. The molecular weight excluding hydrogens is 374 g/mol. The fourth-order valence-electron chi connectivity index (χ4n) is 3.02. The summed E-state index contributed by atoms with van der Waals surface area (Å²) in [5.41, 5.74) is 10.7. The van der Waals surface area contributed by atoms with Gasteiger partial charge >= 0.3 is 0 Å². The second-order valence-electron chi connectivity index (χ2n) is 6.14. The summed E-state index contributed by atoms with van der Waals surface area (Å²) in [6, 6.07) is 7.74. The maximum Gasteiger partial charge on any atom is 0.221 e. The maximum atomic E-state index is 5.87. The highest BCUT2D eigenvalue weighted by molar-refractivity contribution is 7.80. The molecule has 2 bridgehead atoms. The van der Waals surface area contributed by atoms with Gasteiger partial charge in [0.25, 0.3) is 0 Å². The Morgan fingerprint density at radius 1 is 1.35 bits per heavy atom. The summed E-state index contributed by atoms with van der Waals surface area (Å²) >= 11 is 10.4. The van der Waals surface area contributed by atoms with E-state index in [1.807, 2.05) is 31.2 Å². The number of nitrogens with two attached hydrogens (primary N) is 1. The first-order chi connectivity index (χ1) is 12.5. The van der Waals surface area contributed by atoms with Crippen molar-refractivity contribution < 1.29 is 9.47 Å². The molecule has 2 saturated heterocycles. The van der Waals surface area contributed by atoms with Crippen LogP contribution >= 0.6 is 24.4 Å². The van der Waals surface area contributed by atoms with Gasteiger partial charge in [-0.05, 0) is 53.9 Å². The van der Waals surface area contributed by atoms with Gasteiger partial charge in [0.1, 0.15) is 6.10 Å². The zero-order chi connectivity index (χ0) is 18.3. The molecule has 3 unspecified atom stereocenters. The minimum absolute atomic E-state index is 0.0797. The molecule has 0 aliphatic carbocycles. The molecule has 9 nitrogen and oxygen atoms in total. The van der Waals surface area contributed by atoms with E-state index in [0.717, 1.165) is 11.3 Å². The van der Waals surface area contributed by atoms with Crippen molar-refractivity contribution in [3.63, 3.8) is 0 Å². The Bertz CT molecular complexity index is 921. The molecule has 136 valence electrons. The van der Waals surface area contributed by atoms with E-state index in [2.05, 4.69) is 21.0 Å². The standard InChI is InChI=1S/C15H17N7O2S2/c1-8-2-4-9(5-3-8)21-15(26)22(20-19-21)11-6-10(17-18-14(16)25)13-23-7-12(11)24-13/h2-5,11-13H,6-7H2,1H3,(H3,16,18,25). The lowest BCUT2D eigenvalue weighted by molar-refractivity contribution is -0.0324. The van der Waals surface area contributed by atoms with Crippen LogP contribution in [0, 0.1) is 11.7 Å². The number of thiocarbonyl (C=S) groups is 1. The molecule has 0 spiro atoms. The van der Waals surface area contributed by atoms with Crippen molar-refractivity contribution in [2.45, 2.75) is 31.8 Å². The van der Waals surface area contributed by atoms with Crippen molar-refractivity contribution in [2.75, 3.05) is 6.61 Å². The molecule has 3 heterocycles. The number of nitrogens with zero attached hydrogens (tertiary/aromatic N) is 5. The minimum Gasteiger partial charge on any atom is -0.375 e. The molecule has 2 aliphatic rings. The summed E-state index contributed by atoms with van der Waals surface area (Å²) in [5, 5.41) is 12.7. The molecule has 1 aromatic heterocycles. The van der Waals surface area contributed by atoms with Crippen LogP contribution in [0.5, 0.6) is 0 Å².